The highest BCUT2D eigenvalue weighted by Gasteiger charge is 2.32. The third-order valence-corrected chi connectivity index (χ3v) is 5.48. The van der Waals surface area contributed by atoms with Gasteiger partial charge in [0, 0.05) is 22.0 Å². The number of thioether (sulfide) groups is 1. The van der Waals surface area contributed by atoms with Gasteiger partial charge in [0.25, 0.3) is 0 Å². The van der Waals surface area contributed by atoms with Gasteiger partial charge in [-0.15, -0.1) is 11.8 Å². The second-order valence-electron chi connectivity index (χ2n) is 5.33. The summed E-state index contributed by atoms with van der Waals surface area (Å²) in [7, 11) is 0. The van der Waals surface area contributed by atoms with Gasteiger partial charge in [0.2, 0.25) is 0 Å². The fourth-order valence-electron chi connectivity index (χ4n) is 3.15. The molecule has 3 unspecified atom stereocenters. The van der Waals surface area contributed by atoms with Crippen molar-refractivity contribution in [3.63, 3.8) is 0 Å². The van der Waals surface area contributed by atoms with Crippen LogP contribution in [0.25, 0.3) is 0 Å². The van der Waals surface area contributed by atoms with E-state index in [4.69, 9.17) is 0 Å². The van der Waals surface area contributed by atoms with E-state index in [-0.39, 0.29) is 0 Å². The van der Waals surface area contributed by atoms with Gasteiger partial charge in [0.1, 0.15) is 0 Å². The Kier molecular flexibility index (Phi) is 2.73. The Morgan fingerprint density at radius 2 is 2.00 bits per heavy atom. The van der Waals surface area contributed by atoms with E-state index < -0.39 is 0 Å². The Morgan fingerprint density at radius 1 is 1.05 bits per heavy atom. The molecule has 94 valence electrons. The topological polar surface area (TPSA) is 0 Å². The first-order valence-electron chi connectivity index (χ1n) is 6.91. The minimum absolute atomic E-state index is 0.575. The molecule has 1 aromatic carbocycles. The maximum absolute atomic E-state index is 2.49. The summed E-state index contributed by atoms with van der Waals surface area (Å²) in [5.41, 5.74) is 2.99. The van der Waals surface area contributed by atoms with Gasteiger partial charge < -0.3 is 0 Å². The van der Waals surface area contributed by atoms with Gasteiger partial charge in [-0.3, -0.25) is 0 Å². The number of benzene rings is 1. The Labute approximate surface area is 118 Å². The van der Waals surface area contributed by atoms with E-state index in [1.165, 1.54) is 16.0 Å². The Balaban J connectivity index is 1.64. The molecule has 0 amide bonds. The first-order chi connectivity index (χ1) is 9.42. The van der Waals surface area contributed by atoms with Crippen molar-refractivity contribution < 1.29 is 0 Å². The third kappa shape index (κ3) is 1.93. The van der Waals surface area contributed by atoms with Crippen LogP contribution in [0.1, 0.15) is 17.9 Å². The van der Waals surface area contributed by atoms with Crippen molar-refractivity contribution in [3.05, 3.63) is 77.9 Å². The van der Waals surface area contributed by atoms with Crippen molar-refractivity contribution in [2.75, 3.05) is 0 Å². The molecule has 3 atom stereocenters. The van der Waals surface area contributed by atoms with Gasteiger partial charge in [-0.05, 0) is 23.6 Å². The predicted molar refractivity (Wildman–Crippen MR) is 82.4 cm³/mol. The molecule has 0 saturated carbocycles. The highest BCUT2D eigenvalue weighted by molar-refractivity contribution is 8.00. The Hall–Kier alpha value is -1.47. The summed E-state index contributed by atoms with van der Waals surface area (Å²) in [6.07, 6.45) is 17.3. The average Bonchev–Trinajstić information content (AvgIpc) is 2.86. The van der Waals surface area contributed by atoms with Gasteiger partial charge in [-0.2, -0.15) is 0 Å². The molecule has 0 nitrogen and oxygen atoms in total. The standard InChI is InChI=1S/C18H16S/c1-2-6-13(7-3-1)14-10-11-16-15-8-4-5-9-17(15)19-18(16)12-14/h1-6,8-13,16,18H,7H2. The Bertz CT molecular complexity index is 618. The van der Waals surface area contributed by atoms with E-state index in [0.717, 1.165) is 6.42 Å². The molecular formula is C18H16S. The van der Waals surface area contributed by atoms with Crippen molar-refractivity contribution >= 4 is 11.8 Å². The van der Waals surface area contributed by atoms with Crippen LogP contribution in [0.3, 0.4) is 0 Å². The maximum atomic E-state index is 2.49. The fourth-order valence-corrected chi connectivity index (χ4v) is 4.55. The first-order valence-corrected chi connectivity index (χ1v) is 7.78. The van der Waals surface area contributed by atoms with Crippen molar-refractivity contribution in [2.24, 2.45) is 5.92 Å². The number of hydrogen-bond acceptors (Lipinski definition) is 1. The fraction of sp³-hybridized carbons (Fsp3) is 0.222. The number of rotatable bonds is 1. The number of hydrogen-bond donors (Lipinski definition) is 0. The molecular weight excluding hydrogens is 248 g/mol. The van der Waals surface area contributed by atoms with Crippen LogP contribution in [0.2, 0.25) is 0 Å². The lowest BCUT2D eigenvalue weighted by atomic mass is 9.84. The molecule has 0 fully saturated rings. The Morgan fingerprint density at radius 3 is 2.89 bits per heavy atom. The SMILES string of the molecule is C1=CCC(C2=CC3Sc4ccccc4C3C=C2)C=C1. The van der Waals surface area contributed by atoms with Crippen LogP contribution in [-0.2, 0) is 0 Å². The van der Waals surface area contributed by atoms with Crippen LogP contribution in [0.15, 0.2) is 77.3 Å². The largest absolute Gasteiger partial charge is 0.117 e. The van der Waals surface area contributed by atoms with Crippen LogP contribution in [0, 0.1) is 5.92 Å². The second kappa shape index (κ2) is 4.57. The van der Waals surface area contributed by atoms with Crippen molar-refractivity contribution in [1.82, 2.24) is 0 Å². The molecule has 4 rings (SSSR count). The van der Waals surface area contributed by atoms with E-state index >= 15 is 0 Å². The lowest BCUT2D eigenvalue weighted by Crippen LogP contribution is -2.13. The van der Waals surface area contributed by atoms with Gasteiger partial charge in [0.15, 0.2) is 0 Å². The molecule has 0 aromatic heterocycles. The zero-order valence-electron chi connectivity index (χ0n) is 10.7. The van der Waals surface area contributed by atoms with Crippen LogP contribution in [0.5, 0.6) is 0 Å². The lowest BCUT2D eigenvalue weighted by molar-refractivity contribution is 0.758. The predicted octanol–water partition coefficient (Wildman–Crippen LogP) is 4.87. The monoisotopic (exact) mass is 264 g/mol. The summed E-state index contributed by atoms with van der Waals surface area (Å²) in [6.45, 7) is 0. The minimum Gasteiger partial charge on any atom is -0.117 e. The van der Waals surface area contributed by atoms with Crippen LogP contribution < -0.4 is 0 Å². The van der Waals surface area contributed by atoms with Crippen LogP contribution in [0.4, 0.5) is 0 Å². The van der Waals surface area contributed by atoms with Gasteiger partial charge in [0.05, 0.1) is 0 Å². The molecule has 0 radical (unpaired) electrons. The summed E-state index contributed by atoms with van der Waals surface area (Å²) >= 11 is 2.02. The molecule has 19 heavy (non-hydrogen) atoms. The summed E-state index contributed by atoms with van der Waals surface area (Å²) in [4.78, 5) is 1.46. The summed E-state index contributed by atoms with van der Waals surface area (Å²) in [6, 6.07) is 8.83. The molecule has 0 bridgehead atoms. The number of allylic oxidation sites excluding steroid dienone is 7. The lowest BCUT2D eigenvalue weighted by Gasteiger charge is -2.23. The smallest absolute Gasteiger partial charge is 0.0384 e. The molecule has 0 N–H and O–H groups in total. The molecule has 2 aliphatic carbocycles. The van der Waals surface area contributed by atoms with E-state index in [1.807, 2.05) is 11.8 Å². The zero-order valence-corrected chi connectivity index (χ0v) is 11.5. The molecule has 3 aliphatic rings. The van der Waals surface area contributed by atoms with Crippen molar-refractivity contribution in [1.29, 1.82) is 0 Å². The highest BCUT2D eigenvalue weighted by Crippen LogP contribution is 2.49. The van der Waals surface area contributed by atoms with Gasteiger partial charge >= 0.3 is 0 Å². The molecule has 1 aromatic rings. The average molecular weight is 264 g/mol. The first kappa shape index (κ1) is 11.4. The van der Waals surface area contributed by atoms with Crippen LogP contribution >= 0.6 is 11.8 Å². The van der Waals surface area contributed by atoms with E-state index in [2.05, 4.69) is 66.8 Å². The summed E-state index contributed by atoms with van der Waals surface area (Å²) < 4.78 is 0. The molecule has 1 aliphatic heterocycles. The molecule has 1 heterocycles. The van der Waals surface area contributed by atoms with E-state index in [1.54, 1.807) is 0 Å². The quantitative estimate of drug-likeness (QED) is 0.697. The van der Waals surface area contributed by atoms with Crippen molar-refractivity contribution in [3.8, 4) is 0 Å². The highest BCUT2D eigenvalue weighted by atomic mass is 32.2. The maximum Gasteiger partial charge on any atom is 0.0384 e. The van der Waals surface area contributed by atoms with E-state index in [0.29, 0.717) is 17.1 Å². The minimum atomic E-state index is 0.575. The summed E-state index contributed by atoms with van der Waals surface area (Å²) in [5, 5.41) is 0.594. The zero-order chi connectivity index (χ0) is 12.7. The van der Waals surface area contributed by atoms with Gasteiger partial charge in [-0.25, -0.2) is 0 Å². The third-order valence-electron chi connectivity index (χ3n) is 4.16. The van der Waals surface area contributed by atoms with Crippen LogP contribution in [-0.4, -0.2) is 5.25 Å². The van der Waals surface area contributed by atoms with Gasteiger partial charge in [-0.1, -0.05) is 60.7 Å². The molecule has 0 spiro atoms. The number of fused-ring (bicyclic) bond motifs is 3. The van der Waals surface area contributed by atoms with Crippen molar-refractivity contribution in [2.45, 2.75) is 22.5 Å². The normalized spacial score (nSPS) is 30.9. The molecule has 1 heteroatoms. The molecule has 0 saturated heterocycles. The summed E-state index contributed by atoms with van der Waals surface area (Å²) in [5.74, 6) is 1.15. The van der Waals surface area contributed by atoms with E-state index in [9.17, 15) is 0 Å². The second-order valence-corrected chi connectivity index (χ2v) is 6.55.